The van der Waals surface area contributed by atoms with E-state index in [1.165, 1.54) is 12.4 Å². The van der Waals surface area contributed by atoms with Crippen molar-refractivity contribution in [2.45, 2.75) is 13.5 Å². The summed E-state index contributed by atoms with van der Waals surface area (Å²) < 4.78 is 22.3. The monoisotopic (exact) mass is 528 g/mol. The molecule has 0 radical (unpaired) electrons. The van der Waals surface area contributed by atoms with Crippen LogP contribution in [0, 0.1) is 0 Å². The van der Waals surface area contributed by atoms with Gasteiger partial charge in [0.2, 0.25) is 0 Å². The summed E-state index contributed by atoms with van der Waals surface area (Å²) in [6.45, 7) is 2.48. The minimum Gasteiger partial charge on any atom is -0.493 e. The fraction of sp³-hybridized carbons (Fsp3) is 0.179. The van der Waals surface area contributed by atoms with Gasteiger partial charge in [-0.1, -0.05) is 6.07 Å². The van der Waals surface area contributed by atoms with Gasteiger partial charge in [0, 0.05) is 30.0 Å². The first-order valence-electron chi connectivity index (χ1n) is 12.0. The largest absolute Gasteiger partial charge is 0.493 e. The summed E-state index contributed by atoms with van der Waals surface area (Å²) in [5.74, 6) is 2.00. The second-order valence-corrected chi connectivity index (χ2v) is 8.01. The molecule has 3 aromatic heterocycles. The third-order valence-electron chi connectivity index (χ3n) is 5.43. The van der Waals surface area contributed by atoms with Crippen LogP contribution in [0.3, 0.4) is 0 Å². The number of nitrogens with one attached hydrogen (secondary N) is 1. The number of hydrogen-bond donors (Lipinski definition) is 2. The maximum absolute atomic E-state index is 12.8. The molecule has 1 amide bonds. The molecule has 3 heterocycles. The van der Waals surface area contributed by atoms with E-state index in [0.29, 0.717) is 41.7 Å². The van der Waals surface area contributed by atoms with Gasteiger partial charge in [0.1, 0.15) is 23.0 Å². The summed E-state index contributed by atoms with van der Waals surface area (Å²) >= 11 is 0. The molecule has 39 heavy (non-hydrogen) atoms. The number of carbonyl (C=O) groups excluding carboxylic acids is 1. The number of methoxy groups -OCH3 is 2. The Morgan fingerprint density at radius 1 is 1.03 bits per heavy atom. The van der Waals surface area contributed by atoms with E-state index in [2.05, 4.69) is 25.3 Å². The lowest BCUT2D eigenvalue weighted by atomic mass is 10.2. The molecule has 11 nitrogen and oxygen atoms in total. The molecular formula is C28H28N6O5. The van der Waals surface area contributed by atoms with Crippen LogP contribution in [-0.2, 0) is 16.1 Å². The van der Waals surface area contributed by atoms with Crippen molar-refractivity contribution < 1.29 is 23.7 Å². The number of hydrogen-bond acceptors (Lipinski definition) is 10. The van der Waals surface area contributed by atoms with Crippen molar-refractivity contribution >= 4 is 28.8 Å². The number of ether oxygens (including phenoxy) is 4. The summed E-state index contributed by atoms with van der Waals surface area (Å²) in [5, 5.41) is 3.39. The molecule has 0 aliphatic heterocycles. The number of anilines is 1. The van der Waals surface area contributed by atoms with Gasteiger partial charge in [-0.25, -0.2) is 4.98 Å². The number of benzene rings is 1. The first-order valence-corrected chi connectivity index (χ1v) is 12.0. The number of pyridine rings is 3. The third kappa shape index (κ3) is 6.77. The number of nitrogens with two attached hydrogens (primary N) is 1. The minimum absolute atomic E-state index is 0.124. The van der Waals surface area contributed by atoms with E-state index in [-0.39, 0.29) is 17.3 Å². The zero-order chi connectivity index (χ0) is 27.6. The normalized spacial score (nSPS) is 11.7. The highest BCUT2D eigenvalue weighted by Crippen LogP contribution is 2.36. The smallest absolute Gasteiger partial charge is 0.276 e. The van der Waals surface area contributed by atoms with Crippen LogP contribution in [0.25, 0.3) is 10.9 Å². The number of nitrogens with zero attached hydrogens (tertiary/aromatic N) is 4. The van der Waals surface area contributed by atoms with E-state index in [9.17, 15) is 4.79 Å². The Labute approximate surface area is 225 Å². The molecule has 0 fully saturated rings. The van der Waals surface area contributed by atoms with Gasteiger partial charge in [0.05, 0.1) is 45.3 Å². The summed E-state index contributed by atoms with van der Waals surface area (Å²) in [4.78, 5) is 29.8. The molecular weight excluding hydrogens is 500 g/mol. The minimum atomic E-state index is -0.575. The topological polar surface area (TPSA) is 143 Å². The van der Waals surface area contributed by atoms with Crippen LogP contribution in [0.1, 0.15) is 12.5 Å². The number of aromatic nitrogens is 3. The molecule has 0 bridgehead atoms. The van der Waals surface area contributed by atoms with Crippen molar-refractivity contribution in [3.8, 4) is 23.0 Å². The Morgan fingerprint density at radius 2 is 1.85 bits per heavy atom. The zero-order valence-corrected chi connectivity index (χ0v) is 21.7. The van der Waals surface area contributed by atoms with Gasteiger partial charge in [-0.05, 0) is 42.8 Å². The molecule has 0 aliphatic rings. The van der Waals surface area contributed by atoms with E-state index < -0.39 is 5.91 Å². The van der Waals surface area contributed by atoms with Crippen molar-refractivity contribution in [3.63, 3.8) is 0 Å². The van der Waals surface area contributed by atoms with Crippen LogP contribution in [0.4, 0.5) is 5.82 Å². The van der Waals surface area contributed by atoms with E-state index in [0.717, 1.165) is 10.9 Å². The quantitative estimate of drug-likeness (QED) is 0.166. The first-order chi connectivity index (χ1) is 19.0. The number of carbonyl (C=O) groups is 1. The maximum Gasteiger partial charge on any atom is 0.276 e. The average Bonchev–Trinajstić information content (AvgIpc) is 2.97. The van der Waals surface area contributed by atoms with Crippen LogP contribution in [-0.4, -0.2) is 47.9 Å². The SMILES string of the molecule is CCOC(C=NCc1cccnc1)=C(N)C(=O)Nc1ccc(Oc2ccnc3cc(OC)c(OC)cc23)cn1. The Kier molecular flexibility index (Phi) is 8.86. The maximum atomic E-state index is 12.8. The molecule has 4 aromatic rings. The second-order valence-electron chi connectivity index (χ2n) is 8.01. The van der Waals surface area contributed by atoms with Crippen molar-refractivity contribution in [3.05, 3.63) is 84.3 Å². The lowest BCUT2D eigenvalue weighted by Crippen LogP contribution is -2.23. The Morgan fingerprint density at radius 3 is 2.54 bits per heavy atom. The van der Waals surface area contributed by atoms with Crippen LogP contribution < -0.4 is 25.3 Å². The van der Waals surface area contributed by atoms with Crippen molar-refractivity contribution in [1.29, 1.82) is 0 Å². The molecule has 11 heteroatoms. The van der Waals surface area contributed by atoms with Crippen LogP contribution >= 0.6 is 0 Å². The summed E-state index contributed by atoms with van der Waals surface area (Å²) in [7, 11) is 3.13. The van der Waals surface area contributed by atoms with Crippen LogP contribution in [0.15, 0.2) is 83.7 Å². The van der Waals surface area contributed by atoms with Gasteiger partial charge < -0.3 is 30.0 Å². The number of fused-ring (bicyclic) bond motifs is 1. The highest BCUT2D eigenvalue weighted by molar-refractivity contribution is 6.05. The zero-order valence-electron chi connectivity index (χ0n) is 21.7. The van der Waals surface area contributed by atoms with Crippen molar-refractivity contribution in [2.24, 2.45) is 10.7 Å². The molecule has 0 saturated heterocycles. The van der Waals surface area contributed by atoms with Gasteiger partial charge in [0.15, 0.2) is 17.3 Å². The van der Waals surface area contributed by atoms with Gasteiger partial charge >= 0.3 is 0 Å². The number of allylic oxidation sites excluding steroid dienone is 1. The lowest BCUT2D eigenvalue weighted by molar-refractivity contribution is -0.113. The predicted octanol–water partition coefficient (Wildman–Crippen LogP) is 4.25. The standard InChI is InChI=1S/C28H28N6O5/c1-4-38-25(17-31-15-18-6-5-10-30-14-18)27(29)28(35)34-26-8-7-19(16-33-26)39-22-9-11-32-21-13-24(37-3)23(36-2)12-20(21)22/h5-14,16-17H,4,15,29H2,1-3H3,(H,33,34,35). The Hall–Kier alpha value is -5.19. The molecule has 0 saturated carbocycles. The van der Waals surface area contributed by atoms with Gasteiger partial charge in [-0.3, -0.25) is 19.8 Å². The van der Waals surface area contributed by atoms with Crippen molar-refractivity contribution in [2.75, 3.05) is 26.1 Å². The highest BCUT2D eigenvalue weighted by atomic mass is 16.5. The van der Waals surface area contributed by atoms with E-state index >= 15 is 0 Å². The van der Waals surface area contributed by atoms with Gasteiger partial charge in [-0.2, -0.15) is 0 Å². The molecule has 0 unspecified atom stereocenters. The van der Waals surface area contributed by atoms with Gasteiger partial charge in [0.25, 0.3) is 5.91 Å². The van der Waals surface area contributed by atoms with Crippen molar-refractivity contribution in [1.82, 2.24) is 15.0 Å². The molecule has 200 valence electrons. The molecule has 3 N–H and O–H groups in total. The molecule has 4 rings (SSSR count). The van der Waals surface area contributed by atoms with E-state index in [1.54, 1.807) is 70.1 Å². The fourth-order valence-corrected chi connectivity index (χ4v) is 3.54. The number of aliphatic imine (C=N–C) groups is 1. The van der Waals surface area contributed by atoms with E-state index in [1.807, 2.05) is 12.1 Å². The second kappa shape index (κ2) is 12.9. The molecule has 0 atom stereocenters. The summed E-state index contributed by atoms with van der Waals surface area (Å²) in [6, 6.07) is 12.3. The first kappa shape index (κ1) is 26.9. The lowest BCUT2D eigenvalue weighted by Gasteiger charge is -2.12. The predicted molar refractivity (Wildman–Crippen MR) is 147 cm³/mol. The fourth-order valence-electron chi connectivity index (χ4n) is 3.54. The average molecular weight is 529 g/mol. The highest BCUT2D eigenvalue weighted by Gasteiger charge is 2.14. The van der Waals surface area contributed by atoms with Gasteiger partial charge in [-0.15, -0.1) is 0 Å². The third-order valence-corrected chi connectivity index (χ3v) is 5.43. The van der Waals surface area contributed by atoms with E-state index in [4.69, 9.17) is 24.7 Å². The molecule has 0 aliphatic carbocycles. The summed E-state index contributed by atoms with van der Waals surface area (Å²) in [6.07, 6.45) is 7.95. The Balaban J connectivity index is 1.46. The number of amides is 1. The Bertz CT molecular complexity index is 1490. The van der Waals surface area contributed by atoms with Crippen LogP contribution in [0.5, 0.6) is 23.0 Å². The molecule has 1 aromatic carbocycles. The number of rotatable bonds is 11. The molecule has 0 spiro atoms. The van der Waals surface area contributed by atoms with Crippen LogP contribution in [0.2, 0.25) is 0 Å². The summed E-state index contributed by atoms with van der Waals surface area (Å²) in [5.41, 5.74) is 7.54.